The van der Waals surface area contributed by atoms with Crippen LogP contribution in [0.5, 0.6) is 5.75 Å². The topological polar surface area (TPSA) is 66.4 Å². The third-order valence-corrected chi connectivity index (χ3v) is 3.23. The van der Waals surface area contributed by atoms with Crippen LogP contribution in [0, 0.1) is 0 Å². The molecule has 0 fully saturated rings. The summed E-state index contributed by atoms with van der Waals surface area (Å²) in [6, 6.07) is 9.48. The van der Waals surface area contributed by atoms with Gasteiger partial charge in [0.25, 0.3) is 0 Å². The minimum atomic E-state index is -4.46. The first-order chi connectivity index (χ1) is 7.54. The van der Waals surface area contributed by atoms with Crippen molar-refractivity contribution < 1.29 is 17.7 Å². The van der Waals surface area contributed by atoms with E-state index in [2.05, 4.69) is 0 Å². The summed E-state index contributed by atoms with van der Waals surface area (Å²) in [6.07, 6.45) is 0. The zero-order valence-electron chi connectivity index (χ0n) is 8.51. The Hall–Kier alpha value is -1.59. The normalized spacial score (nSPS) is 11.6. The Morgan fingerprint density at radius 2 is 1.69 bits per heavy atom. The highest BCUT2D eigenvalue weighted by Crippen LogP contribution is 2.30. The fourth-order valence-corrected chi connectivity index (χ4v) is 2.32. The third-order valence-electron chi connectivity index (χ3n) is 2.33. The monoisotopic (exact) mass is 237 g/mol. The predicted molar refractivity (Wildman–Crippen MR) is 58.5 cm³/mol. The Bertz CT molecular complexity index is 631. The maximum atomic E-state index is 11.1. The van der Waals surface area contributed by atoms with E-state index in [1.165, 1.54) is 19.2 Å². The molecule has 0 spiro atoms. The van der Waals surface area contributed by atoms with Crippen LogP contribution in [-0.2, 0) is 10.1 Å². The number of ether oxygens (including phenoxy) is 1. The summed E-state index contributed by atoms with van der Waals surface area (Å²) in [7, 11) is -2.97. The van der Waals surface area contributed by atoms with E-state index in [1.807, 2.05) is 0 Å². The molecule has 0 heterocycles. The Labute approximate surface area is 93.2 Å². The van der Waals surface area contributed by atoms with E-state index >= 15 is 0 Å². The Morgan fingerprint density at radius 3 is 2.25 bits per heavy atom. The van der Waals surface area contributed by atoms with Gasteiger partial charge in [0, 0.05) is 10.8 Å². The summed E-state index contributed by atoms with van der Waals surface area (Å²) in [4.78, 5) is -0.219. The first-order valence-electron chi connectivity index (χ1n) is 4.55. The van der Waals surface area contributed by atoms with Crippen molar-refractivity contribution in [1.29, 1.82) is 0 Å². The molecular formula is C11H9O4S-. The van der Waals surface area contributed by atoms with Gasteiger partial charge in [-0.25, -0.2) is 8.42 Å². The molecule has 2 aromatic rings. The molecule has 84 valence electrons. The summed E-state index contributed by atoms with van der Waals surface area (Å²) >= 11 is 0. The SMILES string of the molecule is COc1ccc(S(=O)(=O)[O-])c2ccccc12. The van der Waals surface area contributed by atoms with Crippen LogP contribution in [0.25, 0.3) is 10.8 Å². The second-order valence-electron chi connectivity index (χ2n) is 3.27. The van der Waals surface area contributed by atoms with Gasteiger partial charge in [-0.1, -0.05) is 24.3 Å². The molecule has 0 saturated heterocycles. The standard InChI is InChI=1S/C11H10O4S/c1-15-10-6-7-11(16(12,13)14)9-5-3-2-4-8(9)10/h2-7H,1H3,(H,12,13,14)/p-1. The lowest BCUT2D eigenvalue weighted by atomic mass is 10.1. The maximum absolute atomic E-state index is 11.1. The highest BCUT2D eigenvalue weighted by Gasteiger charge is 2.09. The van der Waals surface area contributed by atoms with Crippen molar-refractivity contribution in [3.05, 3.63) is 36.4 Å². The van der Waals surface area contributed by atoms with Gasteiger partial charge >= 0.3 is 0 Å². The van der Waals surface area contributed by atoms with Crippen LogP contribution >= 0.6 is 0 Å². The Balaban J connectivity index is 2.91. The largest absolute Gasteiger partial charge is 0.744 e. The fraction of sp³-hybridized carbons (Fsp3) is 0.0909. The van der Waals surface area contributed by atoms with Crippen molar-refractivity contribution in [2.45, 2.75) is 4.90 Å². The molecule has 0 unspecified atom stereocenters. The smallest absolute Gasteiger partial charge is 0.126 e. The van der Waals surface area contributed by atoms with Gasteiger partial charge in [-0.2, -0.15) is 0 Å². The predicted octanol–water partition coefficient (Wildman–Crippen LogP) is 1.75. The molecule has 0 atom stereocenters. The van der Waals surface area contributed by atoms with Crippen LogP contribution in [0.15, 0.2) is 41.3 Å². The lowest BCUT2D eigenvalue weighted by molar-refractivity contribution is 0.419. The zero-order chi connectivity index (χ0) is 11.8. The summed E-state index contributed by atoms with van der Waals surface area (Å²) in [5.74, 6) is 0.544. The quantitative estimate of drug-likeness (QED) is 0.746. The first-order valence-corrected chi connectivity index (χ1v) is 5.96. The van der Waals surface area contributed by atoms with Crippen molar-refractivity contribution in [2.75, 3.05) is 7.11 Å². The number of rotatable bonds is 2. The Kier molecular flexibility index (Phi) is 2.57. The van der Waals surface area contributed by atoms with Gasteiger partial charge in [0.2, 0.25) is 0 Å². The van der Waals surface area contributed by atoms with Gasteiger partial charge < -0.3 is 9.29 Å². The van der Waals surface area contributed by atoms with E-state index in [0.29, 0.717) is 16.5 Å². The molecular weight excluding hydrogens is 228 g/mol. The molecule has 5 heteroatoms. The minimum absolute atomic E-state index is 0.219. The summed E-state index contributed by atoms with van der Waals surface area (Å²) in [5, 5.41) is 0.999. The first kappa shape index (κ1) is 10.9. The molecule has 0 bridgehead atoms. The lowest BCUT2D eigenvalue weighted by Crippen LogP contribution is -2.00. The fourth-order valence-electron chi connectivity index (χ4n) is 1.64. The number of hydrogen-bond donors (Lipinski definition) is 0. The van der Waals surface area contributed by atoms with Crippen LogP contribution in [0.4, 0.5) is 0 Å². The van der Waals surface area contributed by atoms with Gasteiger partial charge in [0.1, 0.15) is 15.9 Å². The average Bonchev–Trinajstić information content (AvgIpc) is 2.26. The van der Waals surface area contributed by atoms with Gasteiger partial charge in [-0.05, 0) is 12.1 Å². The van der Waals surface area contributed by atoms with Gasteiger partial charge in [0.15, 0.2) is 0 Å². The third kappa shape index (κ3) is 1.75. The molecule has 2 aromatic carbocycles. The van der Waals surface area contributed by atoms with Crippen molar-refractivity contribution in [3.63, 3.8) is 0 Å². The van der Waals surface area contributed by atoms with Crippen molar-refractivity contribution in [2.24, 2.45) is 0 Å². The minimum Gasteiger partial charge on any atom is -0.744 e. The van der Waals surface area contributed by atoms with Gasteiger partial charge in [-0.15, -0.1) is 0 Å². The lowest BCUT2D eigenvalue weighted by Gasteiger charge is -2.12. The maximum Gasteiger partial charge on any atom is 0.126 e. The number of benzene rings is 2. The summed E-state index contributed by atoms with van der Waals surface area (Å²) in [5.41, 5.74) is 0. The number of fused-ring (bicyclic) bond motifs is 1. The summed E-state index contributed by atoms with van der Waals surface area (Å²) in [6.45, 7) is 0. The molecule has 16 heavy (non-hydrogen) atoms. The molecule has 0 N–H and O–H groups in total. The van der Waals surface area contributed by atoms with Crippen LogP contribution < -0.4 is 4.74 Å². The van der Waals surface area contributed by atoms with E-state index in [9.17, 15) is 13.0 Å². The number of hydrogen-bond acceptors (Lipinski definition) is 4. The van der Waals surface area contributed by atoms with Crippen LogP contribution in [0.2, 0.25) is 0 Å². The van der Waals surface area contributed by atoms with E-state index < -0.39 is 10.1 Å². The van der Waals surface area contributed by atoms with Crippen LogP contribution in [-0.4, -0.2) is 20.1 Å². The van der Waals surface area contributed by atoms with Gasteiger partial charge in [-0.3, -0.25) is 0 Å². The van der Waals surface area contributed by atoms with E-state index in [4.69, 9.17) is 4.74 Å². The van der Waals surface area contributed by atoms with Crippen molar-refractivity contribution in [1.82, 2.24) is 0 Å². The molecule has 0 aliphatic heterocycles. The molecule has 4 nitrogen and oxygen atoms in total. The van der Waals surface area contributed by atoms with Crippen LogP contribution in [0.3, 0.4) is 0 Å². The van der Waals surface area contributed by atoms with Crippen LogP contribution in [0.1, 0.15) is 0 Å². The molecule has 0 saturated carbocycles. The Morgan fingerprint density at radius 1 is 1.06 bits per heavy atom. The average molecular weight is 237 g/mol. The molecule has 0 aromatic heterocycles. The van der Waals surface area contributed by atoms with Crippen molar-refractivity contribution >= 4 is 20.9 Å². The van der Waals surface area contributed by atoms with E-state index in [1.54, 1.807) is 24.3 Å². The van der Waals surface area contributed by atoms with E-state index in [0.717, 1.165) is 0 Å². The zero-order valence-corrected chi connectivity index (χ0v) is 9.32. The highest BCUT2D eigenvalue weighted by atomic mass is 32.2. The molecule has 0 radical (unpaired) electrons. The molecule has 0 aliphatic rings. The molecule has 0 amide bonds. The molecule has 0 aliphatic carbocycles. The van der Waals surface area contributed by atoms with Gasteiger partial charge in [0.05, 0.1) is 12.0 Å². The van der Waals surface area contributed by atoms with Crippen molar-refractivity contribution in [3.8, 4) is 5.75 Å². The second-order valence-corrected chi connectivity index (χ2v) is 4.61. The number of methoxy groups -OCH3 is 1. The highest BCUT2D eigenvalue weighted by molar-refractivity contribution is 7.86. The van der Waals surface area contributed by atoms with E-state index in [-0.39, 0.29) is 4.90 Å². The molecule has 2 rings (SSSR count). The second kappa shape index (κ2) is 3.77. The summed E-state index contributed by atoms with van der Waals surface area (Å²) < 4.78 is 38.2.